The summed E-state index contributed by atoms with van der Waals surface area (Å²) in [6, 6.07) is 0. The van der Waals surface area contributed by atoms with Gasteiger partial charge in [-0.2, -0.15) is 0 Å². The van der Waals surface area contributed by atoms with Crippen LogP contribution < -0.4 is 10.6 Å². The minimum atomic E-state index is -0.289. The lowest BCUT2D eigenvalue weighted by molar-refractivity contribution is 0.0717. The molecule has 1 saturated heterocycles. The second-order valence-electron chi connectivity index (χ2n) is 5.76. The molecule has 1 spiro atoms. The van der Waals surface area contributed by atoms with Crippen molar-refractivity contribution in [2.75, 3.05) is 13.1 Å². The lowest BCUT2D eigenvalue weighted by atomic mass is 10.0. The maximum absolute atomic E-state index is 11.6. The van der Waals surface area contributed by atoms with Crippen molar-refractivity contribution in [2.24, 2.45) is 5.41 Å². The number of amides is 1. The monoisotopic (exact) mass is 212 g/mol. The van der Waals surface area contributed by atoms with Gasteiger partial charge in [-0.1, -0.05) is 0 Å². The summed E-state index contributed by atoms with van der Waals surface area (Å²) in [6.45, 7) is 7.66. The lowest BCUT2D eigenvalue weighted by Gasteiger charge is -2.23. The van der Waals surface area contributed by atoms with Gasteiger partial charge in [-0.05, 0) is 33.6 Å². The molecule has 0 aromatic carbocycles. The van der Waals surface area contributed by atoms with Crippen LogP contribution in [0, 0.1) is 5.41 Å². The Morgan fingerprint density at radius 3 is 2.67 bits per heavy atom. The Morgan fingerprint density at radius 1 is 1.47 bits per heavy atom. The first-order valence-corrected chi connectivity index (χ1v) is 5.61. The van der Waals surface area contributed by atoms with Gasteiger partial charge in [0, 0.05) is 24.0 Å². The van der Waals surface area contributed by atoms with Gasteiger partial charge in [0.05, 0.1) is 0 Å². The molecule has 2 N–H and O–H groups in total. The number of alkyl carbamates (subject to hydrolysis) is 1. The molecule has 86 valence electrons. The molecule has 1 aliphatic carbocycles. The molecule has 1 amide bonds. The lowest BCUT2D eigenvalue weighted by Crippen LogP contribution is -2.43. The number of carbonyl (C=O) groups is 1. The maximum atomic E-state index is 11.6. The molecular formula is C11H20N2O2. The molecule has 4 heteroatoms. The summed E-state index contributed by atoms with van der Waals surface area (Å²) in [5.74, 6) is 0. The first-order valence-electron chi connectivity index (χ1n) is 5.61. The summed E-state index contributed by atoms with van der Waals surface area (Å²) in [4.78, 5) is 11.6. The second-order valence-corrected chi connectivity index (χ2v) is 5.76. The van der Waals surface area contributed by atoms with Gasteiger partial charge in [0.15, 0.2) is 0 Å². The van der Waals surface area contributed by atoms with E-state index in [1.165, 1.54) is 12.8 Å². The molecule has 1 aliphatic heterocycles. The van der Waals surface area contributed by atoms with Gasteiger partial charge in [-0.15, -0.1) is 0 Å². The van der Waals surface area contributed by atoms with E-state index in [1.54, 1.807) is 0 Å². The highest BCUT2D eigenvalue weighted by Gasteiger charge is 2.54. The summed E-state index contributed by atoms with van der Waals surface area (Å²) in [7, 11) is 0. The van der Waals surface area contributed by atoms with Gasteiger partial charge in [0.25, 0.3) is 0 Å². The molecular weight excluding hydrogens is 192 g/mol. The SMILES string of the molecule is CC(C)(C)NC(=O)O[C@H]1CNCC12CC2. The van der Waals surface area contributed by atoms with E-state index in [2.05, 4.69) is 10.6 Å². The highest BCUT2D eigenvalue weighted by molar-refractivity contribution is 5.68. The predicted octanol–water partition coefficient (Wildman–Crippen LogP) is 1.26. The Balaban J connectivity index is 1.84. The quantitative estimate of drug-likeness (QED) is 0.688. The van der Waals surface area contributed by atoms with E-state index in [0.29, 0.717) is 0 Å². The molecule has 4 nitrogen and oxygen atoms in total. The van der Waals surface area contributed by atoms with Crippen LogP contribution in [-0.2, 0) is 4.74 Å². The maximum Gasteiger partial charge on any atom is 0.407 e. The number of carbonyl (C=O) groups excluding carboxylic acids is 1. The van der Waals surface area contributed by atoms with E-state index >= 15 is 0 Å². The van der Waals surface area contributed by atoms with Crippen LogP contribution in [0.3, 0.4) is 0 Å². The zero-order chi connectivity index (χ0) is 11.1. The molecule has 0 aromatic heterocycles. The Bertz CT molecular complexity index is 266. The average molecular weight is 212 g/mol. The number of nitrogens with one attached hydrogen (secondary N) is 2. The number of hydrogen-bond donors (Lipinski definition) is 2. The van der Waals surface area contributed by atoms with Crippen LogP contribution in [0.2, 0.25) is 0 Å². The van der Waals surface area contributed by atoms with Crippen molar-refractivity contribution >= 4 is 6.09 Å². The molecule has 0 aromatic rings. The van der Waals surface area contributed by atoms with Crippen LogP contribution in [-0.4, -0.2) is 30.8 Å². The van der Waals surface area contributed by atoms with E-state index in [1.807, 2.05) is 20.8 Å². The first kappa shape index (κ1) is 10.7. The molecule has 1 saturated carbocycles. The van der Waals surface area contributed by atoms with Gasteiger partial charge in [-0.3, -0.25) is 0 Å². The zero-order valence-corrected chi connectivity index (χ0v) is 9.72. The normalized spacial score (nSPS) is 27.8. The van der Waals surface area contributed by atoms with Gasteiger partial charge in [0.2, 0.25) is 0 Å². The first-order chi connectivity index (χ1) is 6.91. The smallest absolute Gasteiger partial charge is 0.407 e. The Labute approximate surface area is 90.8 Å². The molecule has 0 radical (unpaired) electrons. The standard InChI is InChI=1S/C11H20N2O2/c1-10(2,3)13-9(14)15-8-6-12-7-11(8)4-5-11/h8,12H,4-7H2,1-3H3,(H,13,14)/t8-/m0/s1. The van der Waals surface area contributed by atoms with Crippen LogP contribution in [0.15, 0.2) is 0 Å². The van der Waals surface area contributed by atoms with Crippen molar-refractivity contribution in [1.29, 1.82) is 0 Å². The highest BCUT2D eigenvalue weighted by atomic mass is 16.6. The van der Waals surface area contributed by atoms with Crippen LogP contribution in [0.5, 0.6) is 0 Å². The van der Waals surface area contributed by atoms with Crippen molar-refractivity contribution in [2.45, 2.75) is 45.3 Å². The fourth-order valence-electron chi connectivity index (χ4n) is 2.07. The predicted molar refractivity (Wildman–Crippen MR) is 57.7 cm³/mol. The van der Waals surface area contributed by atoms with Crippen LogP contribution in [0.1, 0.15) is 33.6 Å². The second kappa shape index (κ2) is 3.37. The fraction of sp³-hybridized carbons (Fsp3) is 0.909. The van der Waals surface area contributed by atoms with E-state index in [0.717, 1.165) is 13.1 Å². The third kappa shape index (κ3) is 2.43. The minimum absolute atomic E-state index is 0.0693. The van der Waals surface area contributed by atoms with E-state index < -0.39 is 0 Å². The topological polar surface area (TPSA) is 50.4 Å². The van der Waals surface area contributed by atoms with Crippen molar-refractivity contribution in [1.82, 2.24) is 10.6 Å². The average Bonchev–Trinajstić information content (AvgIpc) is 2.70. The minimum Gasteiger partial charge on any atom is -0.444 e. The molecule has 15 heavy (non-hydrogen) atoms. The molecule has 0 unspecified atom stereocenters. The largest absolute Gasteiger partial charge is 0.444 e. The summed E-state index contributed by atoms with van der Waals surface area (Å²) in [5, 5.41) is 6.11. The molecule has 1 heterocycles. The number of rotatable bonds is 1. The number of ether oxygens (including phenoxy) is 1. The Kier molecular flexibility index (Phi) is 2.41. The summed E-state index contributed by atoms with van der Waals surface area (Å²) < 4.78 is 5.45. The third-order valence-electron chi connectivity index (χ3n) is 3.11. The molecule has 0 bridgehead atoms. The van der Waals surface area contributed by atoms with E-state index in [4.69, 9.17) is 4.74 Å². The fourth-order valence-corrected chi connectivity index (χ4v) is 2.07. The summed E-state index contributed by atoms with van der Waals surface area (Å²) in [5.41, 5.74) is 0.0506. The Hall–Kier alpha value is -0.770. The van der Waals surface area contributed by atoms with Gasteiger partial charge < -0.3 is 15.4 Å². The summed E-state index contributed by atoms with van der Waals surface area (Å²) in [6.07, 6.45) is 2.16. The van der Waals surface area contributed by atoms with Gasteiger partial charge in [0.1, 0.15) is 6.10 Å². The highest BCUT2D eigenvalue weighted by Crippen LogP contribution is 2.51. The van der Waals surface area contributed by atoms with Crippen molar-refractivity contribution in [3.8, 4) is 0 Å². The van der Waals surface area contributed by atoms with Crippen LogP contribution >= 0.6 is 0 Å². The van der Waals surface area contributed by atoms with Crippen molar-refractivity contribution in [3.63, 3.8) is 0 Å². The van der Waals surface area contributed by atoms with Crippen molar-refractivity contribution in [3.05, 3.63) is 0 Å². The van der Waals surface area contributed by atoms with Crippen LogP contribution in [0.4, 0.5) is 4.79 Å². The molecule has 2 rings (SSSR count). The molecule has 1 atom stereocenters. The number of hydrogen-bond acceptors (Lipinski definition) is 3. The van der Waals surface area contributed by atoms with E-state index in [-0.39, 0.29) is 23.2 Å². The molecule has 2 fully saturated rings. The third-order valence-corrected chi connectivity index (χ3v) is 3.11. The van der Waals surface area contributed by atoms with Gasteiger partial charge >= 0.3 is 6.09 Å². The zero-order valence-electron chi connectivity index (χ0n) is 9.72. The van der Waals surface area contributed by atoms with Crippen molar-refractivity contribution < 1.29 is 9.53 Å². The van der Waals surface area contributed by atoms with Gasteiger partial charge in [-0.25, -0.2) is 4.79 Å². The van der Waals surface area contributed by atoms with Crippen LogP contribution in [0.25, 0.3) is 0 Å². The molecule has 2 aliphatic rings. The Morgan fingerprint density at radius 2 is 2.13 bits per heavy atom. The summed E-state index contributed by atoms with van der Waals surface area (Å²) >= 11 is 0. The van der Waals surface area contributed by atoms with E-state index in [9.17, 15) is 4.79 Å².